The largest absolute Gasteiger partial charge is 0.573 e. The number of benzene rings is 1. The van der Waals surface area contributed by atoms with Crippen molar-refractivity contribution in [2.75, 3.05) is 0 Å². The van der Waals surface area contributed by atoms with Crippen molar-refractivity contribution in [2.24, 2.45) is 0 Å². The van der Waals surface area contributed by atoms with Gasteiger partial charge in [-0.2, -0.15) is 0 Å². The molecular formula is C8H5ClF3NO3. The molecule has 4 nitrogen and oxygen atoms in total. The minimum atomic E-state index is -4.88. The Labute approximate surface area is 92.7 Å². The first-order chi connectivity index (χ1) is 7.20. The zero-order valence-electron chi connectivity index (χ0n) is 7.84. The summed E-state index contributed by atoms with van der Waals surface area (Å²) >= 11 is 5.42. The van der Waals surface area contributed by atoms with Crippen LogP contribution in [-0.4, -0.2) is 11.3 Å². The van der Waals surface area contributed by atoms with E-state index in [0.29, 0.717) is 0 Å². The molecule has 0 radical (unpaired) electrons. The second-order valence-corrected chi connectivity index (χ2v) is 3.28. The van der Waals surface area contributed by atoms with Crippen molar-refractivity contribution in [3.63, 3.8) is 0 Å². The van der Waals surface area contributed by atoms with Crippen molar-refractivity contribution >= 4 is 17.3 Å². The molecule has 0 N–H and O–H groups in total. The molecule has 0 saturated carbocycles. The predicted octanol–water partition coefficient (Wildman–Crippen LogP) is 3.46. The van der Waals surface area contributed by atoms with Crippen molar-refractivity contribution in [3.8, 4) is 5.75 Å². The molecule has 0 spiro atoms. The van der Waals surface area contributed by atoms with Crippen LogP contribution in [0.1, 0.15) is 5.56 Å². The molecule has 0 aromatic heterocycles. The first-order valence-corrected chi connectivity index (χ1v) is 4.29. The Balaban J connectivity index is 3.16. The molecule has 0 atom stereocenters. The van der Waals surface area contributed by atoms with Gasteiger partial charge in [0.25, 0.3) is 5.69 Å². The molecule has 0 aliphatic rings. The minimum absolute atomic E-state index is 0.0358. The van der Waals surface area contributed by atoms with Crippen molar-refractivity contribution < 1.29 is 22.8 Å². The number of ether oxygens (including phenoxy) is 1. The van der Waals surface area contributed by atoms with E-state index in [1.807, 2.05) is 0 Å². The van der Waals surface area contributed by atoms with Crippen LogP contribution in [0.25, 0.3) is 0 Å². The van der Waals surface area contributed by atoms with Gasteiger partial charge < -0.3 is 4.74 Å². The standard InChI is InChI=1S/C8H5ClF3NO3/c1-4-2-7(16-8(10,11)12)5(9)3-6(4)13(14)15/h2-3H,1H3. The molecule has 1 rings (SSSR count). The number of aryl methyl sites for hydroxylation is 1. The van der Waals surface area contributed by atoms with E-state index in [4.69, 9.17) is 11.6 Å². The van der Waals surface area contributed by atoms with E-state index < -0.39 is 22.1 Å². The summed E-state index contributed by atoms with van der Waals surface area (Å²) in [6, 6.07) is 1.69. The van der Waals surface area contributed by atoms with E-state index in [2.05, 4.69) is 4.74 Å². The average molecular weight is 256 g/mol. The minimum Gasteiger partial charge on any atom is -0.404 e. The van der Waals surface area contributed by atoms with Gasteiger partial charge in [-0.3, -0.25) is 10.1 Å². The summed E-state index contributed by atoms with van der Waals surface area (Å²) in [5.74, 6) is -0.655. The molecule has 0 amide bonds. The third-order valence-corrected chi connectivity index (χ3v) is 1.97. The van der Waals surface area contributed by atoms with Crippen LogP contribution in [0, 0.1) is 17.0 Å². The van der Waals surface area contributed by atoms with Gasteiger partial charge in [0.05, 0.1) is 9.95 Å². The Morgan fingerprint density at radius 3 is 2.44 bits per heavy atom. The zero-order chi connectivity index (χ0) is 12.5. The summed E-state index contributed by atoms with van der Waals surface area (Å²) < 4.78 is 39.3. The van der Waals surface area contributed by atoms with Crippen LogP contribution in [0.2, 0.25) is 5.02 Å². The van der Waals surface area contributed by atoms with Crippen LogP contribution < -0.4 is 4.74 Å². The van der Waals surface area contributed by atoms with E-state index in [1.54, 1.807) is 0 Å². The number of nitrogens with zero attached hydrogens (tertiary/aromatic N) is 1. The fourth-order valence-corrected chi connectivity index (χ4v) is 1.24. The number of nitro groups is 1. The number of hydrogen-bond acceptors (Lipinski definition) is 3. The zero-order valence-corrected chi connectivity index (χ0v) is 8.59. The van der Waals surface area contributed by atoms with Crippen LogP contribution >= 0.6 is 11.6 Å². The van der Waals surface area contributed by atoms with Crippen molar-refractivity contribution in [3.05, 3.63) is 32.8 Å². The number of rotatable bonds is 2. The van der Waals surface area contributed by atoms with Crippen LogP contribution in [0.3, 0.4) is 0 Å². The van der Waals surface area contributed by atoms with Crippen LogP contribution in [-0.2, 0) is 0 Å². The maximum absolute atomic E-state index is 11.9. The molecule has 0 unspecified atom stereocenters. The summed E-state index contributed by atoms with van der Waals surface area (Å²) in [7, 11) is 0. The maximum atomic E-state index is 11.9. The smallest absolute Gasteiger partial charge is 0.404 e. The van der Waals surface area contributed by atoms with Gasteiger partial charge in [-0.15, -0.1) is 13.2 Å². The Morgan fingerprint density at radius 2 is 2.00 bits per heavy atom. The van der Waals surface area contributed by atoms with Gasteiger partial charge in [0, 0.05) is 11.6 Å². The Morgan fingerprint density at radius 1 is 1.44 bits per heavy atom. The lowest BCUT2D eigenvalue weighted by molar-refractivity contribution is -0.385. The van der Waals surface area contributed by atoms with Crippen molar-refractivity contribution in [1.29, 1.82) is 0 Å². The van der Waals surface area contributed by atoms with Gasteiger partial charge in [-0.05, 0) is 13.0 Å². The SMILES string of the molecule is Cc1cc(OC(F)(F)F)c(Cl)cc1[N+](=O)[O-]. The van der Waals surface area contributed by atoms with E-state index in [0.717, 1.165) is 12.1 Å². The van der Waals surface area contributed by atoms with Crippen LogP contribution in [0.5, 0.6) is 5.75 Å². The van der Waals surface area contributed by atoms with Gasteiger partial charge in [0.15, 0.2) is 0 Å². The number of halogens is 4. The molecule has 0 aliphatic carbocycles. The monoisotopic (exact) mass is 255 g/mol. The van der Waals surface area contributed by atoms with E-state index >= 15 is 0 Å². The molecule has 88 valence electrons. The highest BCUT2D eigenvalue weighted by molar-refractivity contribution is 6.32. The van der Waals surface area contributed by atoms with Gasteiger partial charge in [0.2, 0.25) is 0 Å². The lowest BCUT2D eigenvalue weighted by Gasteiger charge is -2.10. The number of nitro benzene ring substituents is 1. The number of hydrogen-bond donors (Lipinski definition) is 0. The fraction of sp³-hybridized carbons (Fsp3) is 0.250. The summed E-state index contributed by atoms with van der Waals surface area (Å²) in [5.41, 5.74) is -0.326. The Bertz CT molecular complexity index is 433. The lowest BCUT2D eigenvalue weighted by atomic mass is 10.2. The van der Waals surface area contributed by atoms with Crippen LogP contribution in [0.4, 0.5) is 18.9 Å². The van der Waals surface area contributed by atoms with Crippen molar-refractivity contribution in [1.82, 2.24) is 0 Å². The third kappa shape index (κ3) is 2.99. The second-order valence-electron chi connectivity index (χ2n) is 2.87. The average Bonchev–Trinajstić information content (AvgIpc) is 2.07. The third-order valence-electron chi connectivity index (χ3n) is 1.67. The molecular weight excluding hydrogens is 251 g/mol. The molecule has 0 heterocycles. The summed E-state index contributed by atoms with van der Waals surface area (Å²) in [6.45, 7) is 1.29. The molecule has 1 aromatic rings. The summed E-state index contributed by atoms with van der Waals surface area (Å²) in [5, 5.41) is 9.99. The first-order valence-electron chi connectivity index (χ1n) is 3.91. The highest BCUT2D eigenvalue weighted by atomic mass is 35.5. The second kappa shape index (κ2) is 4.17. The molecule has 0 fully saturated rings. The topological polar surface area (TPSA) is 52.4 Å². The van der Waals surface area contributed by atoms with Crippen molar-refractivity contribution in [2.45, 2.75) is 13.3 Å². The van der Waals surface area contributed by atoms with E-state index in [9.17, 15) is 23.3 Å². The van der Waals surface area contributed by atoms with E-state index in [1.165, 1.54) is 6.92 Å². The molecule has 1 aromatic carbocycles. The van der Waals surface area contributed by atoms with Gasteiger partial charge in [-0.1, -0.05) is 11.6 Å². The Kier molecular flexibility index (Phi) is 3.27. The molecule has 16 heavy (non-hydrogen) atoms. The van der Waals surface area contributed by atoms with Gasteiger partial charge in [0.1, 0.15) is 5.75 Å². The predicted molar refractivity (Wildman–Crippen MR) is 49.5 cm³/mol. The first kappa shape index (κ1) is 12.6. The van der Waals surface area contributed by atoms with Gasteiger partial charge in [-0.25, -0.2) is 0 Å². The normalized spacial score (nSPS) is 11.3. The molecule has 0 aliphatic heterocycles. The molecule has 0 bridgehead atoms. The lowest BCUT2D eigenvalue weighted by Crippen LogP contribution is -2.17. The quantitative estimate of drug-likeness (QED) is 0.601. The highest BCUT2D eigenvalue weighted by Crippen LogP contribution is 2.35. The molecule has 0 saturated heterocycles. The van der Waals surface area contributed by atoms with E-state index in [-0.39, 0.29) is 11.3 Å². The Hall–Kier alpha value is -1.50. The summed E-state index contributed by atoms with van der Waals surface area (Å²) in [6.07, 6.45) is -4.88. The maximum Gasteiger partial charge on any atom is 0.573 e. The van der Waals surface area contributed by atoms with Crippen LogP contribution in [0.15, 0.2) is 12.1 Å². The number of alkyl halides is 3. The summed E-state index contributed by atoms with van der Waals surface area (Å²) in [4.78, 5) is 9.72. The highest BCUT2D eigenvalue weighted by Gasteiger charge is 2.32. The fourth-order valence-electron chi connectivity index (χ4n) is 1.04. The van der Waals surface area contributed by atoms with Gasteiger partial charge >= 0.3 is 6.36 Å². The molecule has 8 heteroatoms.